The van der Waals surface area contributed by atoms with Gasteiger partial charge >= 0.3 is 0 Å². The molecule has 1 aliphatic rings. The molecule has 0 spiro atoms. The van der Waals surface area contributed by atoms with E-state index in [1.807, 2.05) is 6.92 Å². The van der Waals surface area contributed by atoms with Crippen LogP contribution in [0, 0.1) is 11.2 Å². The highest BCUT2D eigenvalue weighted by atomic mass is 19.1. The third-order valence-corrected chi connectivity index (χ3v) is 3.89. The molecule has 124 valence electrons. The van der Waals surface area contributed by atoms with E-state index in [-0.39, 0.29) is 16.9 Å². The lowest BCUT2D eigenvalue weighted by atomic mass is 9.82. The number of rotatable bonds is 4. The summed E-state index contributed by atoms with van der Waals surface area (Å²) in [7, 11) is 0. The molecule has 1 amide bonds. The van der Waals surface area contributed by atoms with E-state index >= 15 is 0 Å². The van der Waals surface area contributed by atoms with Gasteiger partial charge in [-0.1, -0.05) is 45.9 Å². The molecule has 0 aliphatic carbocycles. The van der Waals surface area contributed by atoms with E-state index in [0.29, 0.717) is 13.0 Å². The molecule has 1 aromatic carbocycles. The van der Waals surface area contributed by atoms with Crippen molar-refractivity contribution in [3.63, 3.8) is 0 Å². The largest absolute Gasteiger partial charge is 0.503 e. The highest BCUT2D eigenvalue weighted by Gasteiger charge is 2.46. The van der Waals surface area contributed by atoms with Crippen LogP contribution in [0.5, 0.6) is 0 Å². The molecule has 1 aliphatic heterocycles. The van der Waals surface area contributed by atoms with Gasteiger partial charge in [0, 0.05) is 17.5 Å². The van der Waals surface area contributed by atoms with Crippen molar-refractivity contribution in [2.24, 2.45) is 5.41 Å². The number of hydrogen-bond acceptors (Lipinski definition) is 3. The summed E-state index contributed by atoms with van der Waals surface area (Å²) in [6.07, 6.45) is 0.640. The maximum absolute atomic E-state index is 14.3. The summed E-state index contributed by atoms with van der Waals surface area (Å²) < 4.78 is 14.3. The Labute approximate surface area is 135 Å². The van der Waals surface area contributed by atoms with Crippen LogP contribution >= 0.6 is 0 Å². The molecule has 0 saturated carbocycles. The smallest absolute Gasteiger partial charge is 0.290 e. The summed E-state index contributed by atoms with van der Waals surface area (Å²) in [6.45, 7) is 7.35. The molecule has 1 N–H and O–H groups in total. The fraction of sp³-hybridized carbons (Fsp3) is 0.444. The average Bonchev–Trinajstić information content (AvgIpc) is 2.71. The van der Waals surface area contributed by atoms with Crippen molar-refractivity contribution >= 4 is 11.7 Å². The molecule has 0 saturated heterocycles. The van der Waals surface area contributed by atoms with Crippen molar-refractivity contribution in [3.8, 4) is 0 Å². The number of amides is 1. The second kappa shape index (κ2) is 6.14. The summed E-state index contributed by atoms with van der Waals surface area (Å²) in [5, 5.41) is 10.3. The second-order valence-corrected chi connectivity index (χ2v) is 6.76. The van der Waals surface area contributed by atoms with Gasteiger partial charge in [0.2, 0.25) is 0 Å². The second-order valence-electron chi connectivity index (χ2n) is 6.76. The van der Waals surface area contributed by atoms with E-state index in [1.165, 1.54) is 11.0 Å². The molecule has 0 radical (unpaired) electrons. The van der Waals surface area contributed by atoms with Crippen LogP contribution in [0.25, 0.3) is 0 Å². The maximum Gasteiger partial charge on any atom is 0.290 e. The van der Waals surface area contributed by atoms with Gasteiger partial charge in [0.25, 0.3) is 5.91 Å². The van der Waals surface area contributed by atoms with E-state index < -0.39 is 28.9 Å². The summed E-state index contributed by atoms with van der Waals surface area (Å²) >= 11 is 0. The van der Waals surface area contributed by atoms with Crippen LogP contribution in [0.4, 0.5) is 4.39 Å². The van der Waals surface area contributed by atoms with Crippen LogP contribution in [0.2, 0.25) is 0 Å². The minimum Gasteiger partial charge on any atom is -0.503 e. The molecule has 1 heterocycles. The number of aliphatic hydroxyl groups is 1. The third-order valence-electron chi connectivity index (χ3n) is 3.89. The van der Waals surface area contributed by atoms with Gasteiger partial charge in [-0.15, -0.1) is 0 Å². The van der Waals surface area contributed by atoms with Gasteiger partial charge in [-0.25, -0.2) is 4.39 Å². The van der Waals surface area contributed by atoms with Crippen molar-refractivity contribution in [2.45, 2.75) is 40.2 Å². The van der Waals surface area contributed by atoms with Crippen molar-refractivity contribution < 1.29 is 19.1 Å². The SMILES string of the molecule is CCCN1C(=O)C(O)=C(C(=O)C(C)(C)C)C1c1ccccc1F. The molecule has 1 unspecified atom stereocenters. The Kier molecular flexibility index (Phi) is 4.59. The lowest BCUT2D eigenvalue weighted by Gasteiger charge is -2.28. The number of aliphatic hydroxyl groups excluding tert-OH is 1. The number of hydrogen-bond donors (Lipinski definition) is 1. The summed E-state index contributed by atoms with van der Waals surface area (Å²) in [4.78, 5) is 26.5. The van der Waals surface area contributed by atoms with E-state index in [0.717, 1.165) is 0 Å². The number of carbonyl (C=O) groups is 2. The van der Waals surface area contributed by atoms with Gasteiger partial charge in [-0.05, 0) is 12.5 Å². The molecule has 1 aromatic rings. The first-order valence-corrected chi connectivity index (χ1v) is 7.73. The molecule has 5 heteroatoms. The predicted molar refractivity (Wildman–Crippen MR) is 85.3 cm³/mol. The van der Waals surface area contributed by atoms with Crippen LogP contribution in [-0.2, 0) is 9.59 Å². The Hall–Kier alpha value is -2.17. The summed E-state index contributed by atoms with van der Waals surface area (Å²) in [5.41, 5.74) is -0.568. The zero-order chi connectivity index (χ0) is 17.4. The Bertz CT molecular complexity index is 673. The highest BCUT2D eigenvalue weighted by Crippen LogP contribution is 2.41. The fourth-order valence-electron chi connectivity index (χ4n) is 2.78. The molecule has 23 heavy (non-hydrogen) atoms. The monoisotopic (exact) mass is 319 g/mol. The molecule has 1 atom stereocenters. The van der Waals surface area contributed by atoms with E-state index in [2.05, 4.69) is 0 Å². The van der Waals surface area contributed by atoms with Crippen molar-refractivity contribution in [2.75, 3.05) is 6.54 Å². The lowest BCUT2D eigenvalue weighted by molar-refractivity contribution is -0.129. The van der Waals surface area contributed by atoms with Crippen molar-refractivity contribution in [1.82, 2.24) is 4.90 Å². The Morgan fingerprint density at radius 3 is 2.43 bits per heavy atom. The minimum absolute atomic E-state index is 0.0129. The average molecular weight is 319 g/mol. The van der Waals surface area contributed by atoms with E-state index in [1.54, 1.807) is 39.0 Å². The number of ketones is 1. The first-order valence-electron chi connectivity index (χ1n) is 7.73. The van der Waals surface area contributed by atoms with Crippen molar-refractivity contribution in [1.29, 1.82) is 0 Å². The third kappa shape index (κ3) is 3.00. The predicted octanol–water partition coefficient (Wildman–Crippen LogP) is 3.55. The summed E-state index contributed by atoms with van der Waals surface area (Å²) in [5.74, 6) is -2.03. The molecule has 2 rings (SSSR count). The Balaban J connectivity index is 2.63. The summed E-state index contributed by atoms with van der Waals surface area (Å²) in [6, 6.07) is 5.16. The van der Waals surface area contributed by atoms with Crippen LogP contribution in [0.1, 0.15) is 45.7 Å². The van der Waals surface area contributed by atoms with Gasteiger partial charge in [0.1, 0.15) is 5.82 Å². The van der Waals surface area contributed by atoms with Crippen LogP contribution in [0.3, 0.4) is 0 Å². The van der Waals surface area contributed by atoms with Crippen LogP contribution in [-0.4, -0.2) is 28.2 Å². The molecular formula is C18H22FNO3. The highest BCUT2D eigenvalue weighted by molar-refractivity contribution is 6.10. The minimum atomic E-state index is -0.879. The molecule has 4 nitrogen and oxygen atoms in total. The first kappa shape index (κ1) is 17.2. The molecule has 0 bridgehead atoms. The Morgan fingerprint density at radius 2 is 1.91 bits per heavy atom. The molecule has 0 aromatic heterocycles. The van der Waals surface area contributed by atoms with Gasteiger partial charge in [-0.2, -0.15) is 0 Å². The van der Waals surface area contributed by atoms with Gasteiger partial charge in [0.05, 0.1) is 11.6 Å². The fourth-order valence-corrected chi connectivity index (χ4v) is 2.78. The van der Waals surface area contributed by atoms with E-state index in [9.17, 15) is 19.1 Å². The zero-order valence-corrected chi connectivity index (χ0v) is 13.9. The van der Waals surface area contributed by atoms with Gasteiger partial charge in [0.15, 0.2) is 11.5 Å². The first-order chi connectivity index (χ1) is 10.7. The number of halogens is 1. The normalized spacial score (nSPS) is 18.7. The standard InChI is InChI=1S/C18H22FNO3/c1-5-10-20-14(11-8-6-7-9-12(11)19)13(15(21)17(20)23)16(22)18(2,3)4/h6-9,14,21H,5,10H2,1-4H3. The number of benzene rings is 1. The number of Topliss-reactive ketones (excluding diaryl/α,β-unsaturated/α-hetero) is 1. The number of nitrogens with zero attached hydrogens (tertiary/aromatic N) is 1. The van der Waals surface area contributed by atoms with Gasteiger partial charge in [-0.3, -0.25) is 9.59 Å². The van der Waals surface area contributed by atoms with Gasteiger partial charge < -0.3 is 10.0 Å². The number of carbonyl (C=O) groups excluding carboxylic acids is 2. The topological polar surface area (TPSA) is 57.6 Å². The maximum atomic E-state index is 14.3. The van der Waals surface area contributed by atoms with Crippen LogP contribution in [0.15, 0.2) is 35.6 Å². The van der Waals surface area contributed by atoms with Crippen molar-refractivity contribution in [3.05, 3.63) is 47.0 Å². The zero-order valence-electron chi connectivity index (χ0n) is 13.9. The lowest BCUT2D eigenvalue weighted by Crippen LogP contribution is -2.33. The molecule has 0 fully saturated rings. The quantitative estimate of drug-likeness (QED) is 0.923. The Morgan fingerprint density at radius 1 is 1.30 bits per heavy atom. The molecular weight excluding hydrogens is 297 g/mol. The van der Waals surface area contributed by atoms with E-state index in [4.69, 9.17) is 0 Å². The van der Waals surface area contributed by atoms with Crippen LogP contribution < -0.4 is 0 Å².